The lowest BCUT2D eigenvalue weighted by Crippen LogP contribution is -2.33. The number of hydrogen-bond donors (Lipinski definition) is 1. The molecule has 1 atom stereocenters. The lowest BCUT2D eigenvalue weighted by Gasteiger charge is -2.31. The van der Waals surface area contributed by atoms with Crippen LogP contribution in [0.2, 0.25) is 0 Å². The molecule has 9 heteroatoms. The van der Waals surface area contributed by atoms with Crippen molar-refractivity contribution in [2.75, 3.05) is 6.61 Å². The molecule has 0 saturated heterocycles. The quantitative estimate of drug-likeness (QED) is 0.617. The van der Waals surface area contributed by atoms with Crippen LogP contribution < -0.4 is 10.1 Å². The smallest absolute Gasteiger partial charge is 0.462 e. The predicted octanol–water partition coefficient (Wildman–Crippen LogP) is 4.72. The molecule has 0 bridgehead atoms. The Morgan fingerprint density at radius 1 is 1.03 bits per heavy atom. The summed E-state index contributed by atoms with van der Waals surface area (Å²) in [7, 11) is 0. The summed E-state index contributed by atoms with van der Waals surface area (Å²) in [6, 6.07) is 5.03. The zero-order valence-corrected chi connectivity index (χ0v) is 18.1. The first-order chi connectivity index (χ1) is 14.4. The van der Waals surface area contributed by atoms with E-state index in [0.717, 1.165) is 12.1 Å². The highest BCUT2D eigenvalue weighted by molar-refractivity contribution is 5.99. The molecule has 1 N–H and O–H groups in total. The van der Waals surface area contributed by atoms with Crippen LogP contribution in [0.15, 0.2) is 46.8 Å². The Hall–Kier alpha value is -2.97. The molecule has 0 spiro atoms. The van der Waals surface area contributed by atoms with Gasteiger partial charge >= 0.3 is 18.3 Å². The normalized spacial score (nSPS) is 16.9. The molecular formula is C22H26F3NO5. The first kappa shape index (κ1) is 24.3. The maximum atomic E-state index is 12.9. The molecule has 170 valence electrons. The Labute approximate surface area is 179 Å². The molecule has 1 heterocycles. The maximum Gasteiger partial charge on any atom is 0.573 e. The minimum Gasteiger partial charge on any atom is -0.462 e. The highest BCUT2D eigenvalue weighted by atomic mass is 19.4. The van der Waals surface area contributed by atoms with E-state index in [2.05, 4.69) is 10.1 Å². The zero-order valence-electron chi connectivity index (χ0n) is 18.1. The summed E-state index contributed by atoms with van der Waals surface area (Å²) in [5, 5.41) is 3.02. The van der Waals surface area contributed by atoms with E-state index in [9.17, 15) is 22.8 Å². The van der Waals surface area contributed by atoms with Crippen LogP contribution in [0.4, 0.5) is 13.2 Å². The van der Waals surface area contributed by atoms with E-state index in [1.807, 2.05) is 6.92 Å². The summed E-state index contributed by atoms with van der Waals surface area (Å²) in [5.74, 6) is -2.53. The number of hydrogen-bond acceptors (Lipinski definition) is 6. The SMILES string of the molecule is CCCOC(=O)C1=C(C)NC(C)=C(C(=O)OC(C)C)C1c1ccc(OC(F)(F)F)cc1. The van der Waals surface area contributed by atoms with Crippen LogP contribution in [0.5, 0.6) is 5.75 Å². The van der Waals surface area contributed by atoms with Crippen molar-refractivity contribution in [3.05, 3.63) is 52.4 Å². The summed E-state index contributed by atoms with van der Waals surface area (Å²) >= 11 is 0. The van der Waals surface area contributed by atoms with E-state index in [1.165, 1.54) is 12.1 Å². The third-order valence-corrected chi connectivity index (χ3v) is 4.43. The molecule has 0 aromatic heterocycles. The minimum absolute atomic E-state index is 0.187. The van der Waals surface area contributed by atoms with Crippen molar-refractivity contribution in [3.63, 3.8) is 0 Å². The van der Waals surface area contributed by atoms with Crippen LogP contribution in [0.3, 0.4) is 0 Å². The molecule has 0 aliphatic carbocycles. The Morgan fingerprint density at radius 3 is 2.06 bits per heavy atom. The monoisotopic (exact) mass is 441 g/mol. The first-order valence-corrected chi connectivity index (χ1v) is 9.87. The van der Waals surface area contributed by atoms with E-state index < -0.39 is 36.1 Å². The first-order valence-electron chi connectivity index (χ1n) is 9.87. The van der Waals surface area contributed by atoms with Gasteiger partial charge in [0.05, 0.1) is 29.8 Å². The number of carbonyl (C=O) groups is 2. The number of ether oxygens (including phenoxy) is 3. The van der Waals surface area contributed by atoms with Gasteiger partial charge in [-0.3, -0.25) is 0 Å². The fraction of sp³-hybridized carbons (Fsp3) is 0.455. The number of benzene rings is 1. The van der Waals surface area contributed by atoms with E-state index in [-0.39, 0.29) is 17.8 Å². The van der Waals surface area contributed by atoms with Gasteiger partial charge in [0.1, 0.15) is 5.75 Å². The van der Waals surface area contributed by atoms with Crippen LogP contribution in [0.25, 0.3) is 0 Å². The summed E-state index contributed by atoms with van der Waals surface area (Å²) < 4.78 is 52.1. The fourth-order valence-corrected chi connectivity index (χ4v) is 3.28. The summed E-state index contributed by atoms with van der Waals surface area (Å²) in [4.78, 5) is 25.7. The number of carbonyl (C=O) groups excluding carboxylic acids is 2. The number of rotatable bonds is 7. The lowest BCUT2D eigenvalue weighted by molar-refractivity contribution is -0.274. The second-order valence-electron chi connectivity index (χ2n) is 7.34. The molecule has 31 heavy (non-hydrogen) atoms. The molecule has 1 aromatic carbocycles. The van der Waals surface area contributed by atoms with Gasteiger partial charge in [0, 0.05) is 11.4 Å². The molecular weight excluding hydrogens is 415 g/mol. The third-order valence-electron chi connectivity index (χ3n) is 4.43. The molecule has 0 saturated carbocycles. The standard InChI is InChI=1S/C22H26F3NO5/c1-6-11-29-20(27)17-13(4)26-14(5)18(21(28)30-12(2)3)19(17)15-7-9-16(10-8-15)31-22(23,24)25/h7-10,12,19,26H,6,11H2,1-5H3. The summed E-state index contributed by atoms with van der Waals surface area (Å²) in [5.41, 5.74) is 1.77. The largest absolute Gasteiger partial charge is 0.573 e. The number of dihydropyridines is 1. The molecule has 1 aliphatic rings. The van der Waals surface area contributed by atoms with Gasteiger partial charge in [0.15, 0.2) is 0 Å². The fourth-order valence-electron chi connectivity index (χ4n) is 3.28. The van der Waals surface area contributed by atoms with E-state index in [1.54, 1.807) is 27.7 Å². The zero-order chi connectivity index (χ0) is 23.3. The maximum absolute atomic E-state index is 12.9. The van der Waals surface area contributed by atoms with Crippen molar-refractivity contribution >= 4 is 11.9 Å². The van der Waals surface area contributed by atoms with Crippen LogP contribution >= 0.6 is 0 Å². The Morgan fingerprint density at radius 2 is 1.58 bits per heavy atom. The number of esters is 2. The van der Waals surface area contributed by atoms with Crippen LogP contribution in [0, 0.1) is 0 Å². The van der Waals surface area contributed by atoms with Crippen molar-refractivity contribution in [1.82, 2.24) is 5.32 Å². The van der Waals surface area contributed by atoms with Crippen molar-refractivity contribution in [3.8, 4) is 5.75 Å². The van der Waals surface area contributed by atoms with E-state index in [0.29, 0.717) is 23.4 Å². The molecule has 0 radical (unpaired) electrons. The highest BCUT2D eigenvalue weighted by Crippen LogP contribution is 2.40. The van der Waals surface area contributed by atoms with Gasteiger partial charge in [0.2, 0.25) is 0 Å². The van der Waals surface area contributed by atoms with E-state index in [4.69, 9.17) is 9.47 Å². The lowest BCUT2D eigenvalue weighted by atomic mass is 9.80. The van der Waals surface area contributed by atoms with Gasteiger partial charge in [-0.2, -0.15) is 0 Å². The van der Waals surface area contributed by atoms with Gasteiger partial charge in [0.25, 0.3) is 0 Å². The minimum atomic E-state index is -4.83. The molecule has 0 fully saturated rings. The van der Waals surface area contributed by atoms with Crippen LogP contribution in [0.1, 0.15) is 52.5 Å². The summed E-state index contributed by atoms with van der Waals surface area (Å²) in [6.45, 7) is 8.77. The molecule has 0 amide bonds. The van der Waals surface area contributed by atoms with Gasteiger partial charge in [-0.25, -0.2) is 9.59 Å². The number of nitrogens with one attached hydrogen (secondary N) is 1. The predicted molar refractivity (Wildman–Crippen MR) is 107 cm³/mol. The van der Waals surface area contributed by atoms with Gasteiger partial charge in [-0.1, -0.05) is 19.1 Å². The Kier molecular flexibility index (Phi) is 7.75. The topological polar surface area (TPSA) is 73.9 Å². The van der Waals surface area contributed by atoms with Crippen molar-refractivity contribution < 1.29 is 37.0 Å². The number of alkyl halides is 3. The Balaban J connectivity index is 2.54. The molecule has 1 unspecified atom stereocenters. The average molecular weight is 441 g/mol. The van der Waals surface area contributed by atoms with Gasteiger partial charge < -0.3 is 19.5 Å². The second-order valence-corrected chi connectivity index (χ2v) is 7.34. The highest BCUT2D eigenvalue weighted by Gasteiger charge is 2.38. The number of halogens is 3. The van der Waals surface area contributed by atoms with Crippen LogP contribution in [-0.2, 0) is 19.1 Å². The second kappa shape index (κ2) is 9.89. The number of allylic oxidation sites excluding steroid dienone is 2. The summed E-state index contributed by atoms with van der Waals surface area (Å²) in [6.07, 6.45) is -4.63. The van der Waals surface area contributed by atoms with E-state index >= 15 is 0 Å². The molecule has 1 aliphatic heterocycles. The van der Waals surface area contributed by atoms with Crippen molar-refractivity contribution in [1.29, 1.82) is 0 Å². The average Bonchev–Trinajstić information content (AvgIpc) is 2.64. The molecule has 6 nitrogen and oxygen atoms in total. The third kappa shape index (κ3) is 6.26. The molecule has 1 aromatic rings. The van der Waals surface area contributed by atoms with Gasteiger partial charge in [-0.05, 0) is 51.8 Å². The van der Waals surface area contributed by atoms with Crippen molar-refractivity contribution in [2.45, 2.75) is 59.4 Å². The van der Waals surface area contributed by atoms with Crippen molar-refractivity contribution in [2.24, 2.45) is 0 Å². The van der Waals surface area contributed by atoms with Crippen LogP contribution in [-0.4, -0.2) is 31.0 Å². The molecule has 2 rings (SSSR count). The van der Waals surface area contributed by atoms with Gasteiger partial charge in [-0.15, -0.1) is 13.2 Å². The Bertz CT molecular complexity index is 885.